The van der Waals surface area contributed by atoms with Crippen LogP contribution in [0.5, 0.6) is 0 Å². The molecular formula is C12H22ClNO2. The standard InChI is InChI=1S/C12H22ClNO2/c13-9-12(16)14-7-6-11(15)8-10-4-2-1-3-5-10/h10-11,15H,1-9H2,(H,14,16). The summed E-state index contributed by atoms with van der Waals surface area (Å²) in [4.78, 5) is 10.9. The number of rotatable bonds is 6. The van der Waals surface area contributed by atoms with Crippen molar-refractivity contribution in [2.45, 2.75) is 51.0 Å². The Morgan fingerprint density at radius 2 is 2.06 bits per heavy atom. The van der Waals surface area contributed by atoms with Gasteiger partial charge < -0.3 is 10.4 Å². The van der Waals surface area contributed by atoms with Gasteiger partial charge in [0.05, 0.1) is 6.10 Å². The highest BCUT2D eigenvalue weighted by Crippen LogP contribution is 2.27. The van der Waals surface area contributed by atoms with E-state index in [0.29, 0.717) is 18.9 Å². The predicted octanol–water partition coefficient (Wildman–Crippen LogP) is 2.06. The summed E-state index contributed by atoms with van der Waals surface area (Å²) in [6, 6.07) is 0. The number of hydrogen-bond acceptors (Lipinski definition) is 2. The summed E-state index contributed by atoms with van der Waals surface area (Å²) >= 11 is 5.35. The summed E-state index contributed by atoms with van der Waals surface area (Å²) in [6.07, 6.45) is 7.71. The van der Waals surface area contributed by atoms with Gasteiger partial charge in [0.25, 0.3) is 0 Å². The van der Waals surface area contributed by atoms with Crippen LogP contribution in [0.15, 0.2) is 0 Å². The second-order valence-electron chi connectivity index (χ2n) is 4.67. The van der Waals surface area contributed by atoms with Crippen LogP contribution in [0.2, 0.25) is 0 Å². The van der Waals surface area contributed by atoms with Crippen molar-refractivity contribution in [2.24, 2.45) is 5.92 Å². The molecule has 1 rings (SSSR count). The second kappa shape index (κ2) is 7.91. The predicted molar refractivity (Wildman–Crippen MR) is 65.5 cm³/mol. The molecule has 0 aliphatic heterocycles. The molecule has 94 valence electrons. The molecule has 1 atom stereocenters. The Bertz CT molecular complexity index is 205. The number of halogens is 1. The second-order valence-corrected chi connectivity index (χ2v) is 4.93. The highest BCUT2D eigenvalue weighted by molar-refractivity contribution is 6.27. The van der Waals surface area contributed by atoms with Crippen LogP contribution in [0, 0.1) is 5.92 Å². The van der Waals surface area contributed by atoms with Crippen molar-refractivity contribution >= 4 is 17.5 Å². The minimum absolute atomic E-state index is 0.00127. The van der Waals surface area contributed by atoms with Gasteiger partial charge in [0.2, 0.25) is 5.91 Å². The molecule has 1 aliphatic rings. The van der Waals surface area contributed by atoms with E-state index in [2.05, 4.69) is 5.32 Å². The lowest BCUT2D eigenvalue weighted by Gasteiger charge is -2.23. The van der Waals surface area contributed by atoms with E-state index in [4.69, 9.17) is 11.6 Å². The van der Waals surface area contributed by atoms with Crippen LogP contribution in [0.3, 0.4) is 0 Å². The molecule has 0 spiro atoms. The molecule has 0 aromatic heterocycles. The van der Waals surface area contributed by atoms with Crippen molar-refractivity contribution in [1.82, 2.24) is 5.32 Å². The van der Waals surface area contributed by atoms with Gasteiger partial charge in [-0.25, -0.2) is 0 Å². The number of amides is 1. The molecule has 1 aliphatic carbocycles. The molecule has 1 unspecified atom stereocenters. The fourth-order valence-electron chi connectivity index (χ4n) is 2.35. The number of nitrogens with one attached hydrogen (secondary N) is 1. The lowest BCUT2D eigenvalue weighted by atomic mass is 9.85. The number of aliphatic hydroxyl groups is 1. The van der Waals surface area contributed by atoms with E-state index in [9.17, 15) is 9.90 Å². The third kappa shape index (κ3) is 5.71. The molecule has 0 aromatic rings. The summed E-state index contributed by atoms with van der Waals surface area (Å²) < 4.78 is 0. The largest absolute Gasteiger partial charge is 0.393 e. The summed E-state index contributed by atoms with van der Waals surface area (Å²) in [5.74, 6) is 0.526. The van der Waals surface area contributed by atoms with Crippen LogP contribution in [0.25, 0.3) is 0 Å². The quantitative estimate of drug-likeness (QED) is 0.706. The van der Waals surface area contributed by atoms with Gasteiger partial charge in [0.1, 0.15) is 5.88 Å². The van der Waals surface area contributed by atoms with Crippen molar-refractivity contribution in [3.05, 3.63) is 0 Å². The molecule has 0 saturated heterocycles. The van der Waals surface area contributed by atoms with Gasteiger partial charge in [-0.15, -0.1) is 11.6 Å². The lowest BCUT2D eigenvalue weighted by Crippen LogP contribution is -2.28. The van der Waals surface area contributed by atoms with Crippen molar-refractivity contribution in [3.63, 3.8) is 0 Å². The zero-order valence-electron chi connectivity index (χ0n) is 9.75. The number of aliphatic hydroxyl groups excluding tert-OH is 1. The molecule has 0 radical (unpaired) electrons. The lowest BCUT2D eigenvalue weighted by molar-refractivity contribution is -0.118. The third-order valence-electron chi connectivity index (χ3n) is 3.25. The van der Waals surface area contributed by atoms with Gasteiger partial charge in [0, 0.05) is 6.54 Å². The summed E-state index contributed by atoms with van der Waals surface area (Å²) in [7, 11) is 0. The number of hydrogen-bond donors (Lipinski definition) is 2. The van der Waals surface area contributed by atoms with Gasteiger partial charge >= 0.3 is 0 Å². The van der Waals surface area contributed by atoms with Gasteiger partial charge in [-0.3, -0.25) is 4.79 Å². The topological polar surface area (TPSA) is 49.3 Å². The summed E-state index contributed by atoms with van der Waals surface area (Å²) in [5.41, 5.74) is 0. The maximum Gasteiger partial charge on any atom is 0.234 e. The molecule has 1 fully saturated rings. The van der Waals surface area contributed by atoms with E-state index in [1.54, 1.807) is 0 Å². The Balaban J connectivity index is 2.05. The third-order valence-corrected chi connectivity index (χ3v) is 3.49. The van der Waals surface area contributed by atoms with Gasteiger partial charge in [-0.1, -0.05) is 32.1 Å². The van der Waals surface area contributed by atoms with Crippen molar-refractivity contribution in [3.8, 4) is 0 Å². The first kappa shape index (κ1) is 13.8. The molecular weight excluding hydrogens is 226 g/mol. The van der Waals surface area contributed by atoms with E-state index in [1.807, 2.05) is 0 Å². The molecule has 0 bridgehead atoms. The fraction of sp³-hybridized carbons (Fsp3) is 0.917. The van der Waals surface area contributed by atoms with Gasteiger partial charge in [-0.05, 0) is 18.8 Å². The van der Waals surface area contributed by atoms with Crippen molar-refractivity contribution < 1.29 is 9.90 Å². The van der Waals surface area contributed by atoms with E-state index in [1.165, 1.54) is 32.1 Å². The average Bonchev–Trinajstić information content (AvgIpc) is 2.30. The minimum atomic E-state index is -0.279. The summed E-state index contributed by atoms with van der Waals surface area (Å²) in [6.45, 7) is 0.527. The Morgan fingerprint density at radius 1 is 1.38 bits per heavy atom. The van der Waals surface area contributed by atoms with E-state index in [-0.39, 0.29) is 17.9 Å². The number of carbonyl (C=O) groups excluding carboxylic acids is 1. The molecule has 1 saturated carbocycles. The highest BCUT2D eigenvalue weighted by atomic mass is 35.5. The van der Waals surface area contributed by atoms with E-state index in [0.717, 1.165) is 6.42 Å². The maximum absolute atomic E-state index is 10.9. The normalized spacial score (nSPS) is 19.4. The average molecular weight is 248 g/mol. The van der Waals surface area contributed by atoms with E-state index >= 15 is 0 Å². The number of carbonyl (C=O) groups is 1. The van der Waals surface area contributed by atoms with Crippen LogP contribution in [-0.2, 0) is 4.79 Å². The Hall–Kier alpha value is -0.280. The smallest absolute Gasteiger partial charge is 0.234 e. The number of alkyl halides is 1. The molecule has 4 heteroatoms. The molecule has 0 heterocycles. The highest BCUT2D eigenvalue weighted by Gasteiger charge is 2.17. The van der Waals surface area contributed by atoms with Crippen LogP contribution in [-0.4, -0.2) is 29.5 Å². The SMILES string of the molecule is O=C(CCl)NCCC(O)CC1CCCCC1. The van der Waals surface area contributed by atoms with Gasteiger partial charge in [-0.2, -0.15) is 0 Å². The summed E-state index contributed by atoms with van der Waals surface area (Å²) in [5, 5.41) is 12.5. The molecule has 16 heavy (non-hydrogen) atoms. The Kier molecular flexibility index (Phi) is 6.81. The van der Waals surface area contributed by atoms with E-state index < -0.39 is 0 Å². The fourth-order valence-corrected chi connectivity index (χ4v) is 2.45. The first-order valence-electron chi connectivity index (χ1n) is 6.23. The molecule has 1 amide bonds. The Labute approximate surface area is 103 Å². The van der Waals surface area contributed by atoms with Crippen molar-refractivity contribution in [2.75, 3.05) is 12.4 Å². The first-order valence-corrected chi connectivity index (χ1v) is 6.76. The minimum Gasteiger partial charge on any atom is -0.393 e. The monoisotopic (exact) mass is 247 g/mol. The first-order chi connectivity index (χ1) is 7.72. The zero-order valence-corrected chi connectivity index (χ0v) is 10.5. The molecule has 3 nitrogen and oxygen atoms in total. The van der Waals surface area contributed by atoms with Crippen LogP contribution >= 0.6 is 11.6 Å². The zero-order chi connectivity index (χ0) is 11.8. The maximum atomic E-state index is 10.9. The molecule has 0 aromatic carbocycles. The van der Waals surface area contributed by atoms with Crippen LogP contribution in [0.4, 0.5) is 0 Å². The van der Waals surface area contributed by atoms with Crippen LogP contribution < -0.4 is 5.32 Å². The van der Waals surface area contributed by atoms with Crippen molar-refractivity contribution in [1.29, 1.82) is 0 Å². The van der Waals surface area contributed by atoms with Crippen LogP contribution in [0.1, 0.15) is 44.9 Å². The molecule has 2 N–H and O–H groups in total. The Morgan fingerprint density at radius 3 is 2.69 bits per heavy atom. The van der Waals surface area contributed by atoms with Gasteiger partial charge in [0.15, 0.2) is 0 Å².